The zero-order valence-electron chi connectivity index (χ0n) is 18.0. The molecule has 0 atom stereocenters. The van der Waals surface area contributed by atoms with E-state index in [0.29, 0.717) is 17.9 Å². The number of carboxylic acids is 1. The molecule has 2 aromatic heterocycles. The number of nitrogens with zero attached hydrogens (tertiary/aromatic N) is 2. The van der Waals surface area contributed by atoms with Gasteiger partial charge in [0.05, 0.1) is 24.7 Å². The first-order valence-electron chi connectivity index (χ1n) is 9.84. The number of methoxy groups -OCH3 is 1. The molecule has 33 heavy (non-hydrogen) atoms. The highest BCUT2D eigenvalue weighted by molar-refractivity contribution is 6.01. The van der Waals surface area contributed by atoms with Gasteiger partial charge in [-0.15, -0.1) is 0 Å². The third-order valence-corrected chi connectivity index (χ3v) is 5.16. The number of aromatic nitrogens is 2. The molecule has 176 valence electrons. The van der Waals surface area contributed by atoms with Crippen LogP contribution in [0.15, 0.2) is 35.1 Å². The van der Waals surface area contributed by atoms with Crippen molar-refractivity contribution in [2.45, 2.75) is 26.1 Å². The molecular formula is C22H21F3N2O6. The van der Waals surface area contributed by atoms with Gasteiger partial charge in [0.25, 0.3) is 5.56 Å². The number of hydrogen-bond acceptors (Lipinski definition) is 5. The number of alkyl halides is 3. The number of aryl methyl sites for hydroxylation is 2. The molecule has 1 N–H and O–H groups in total. The minimum atomic E-state index is -4.75. The van der Waals surface area contributed by atoms with Crippen molar-refractivity contribution in [2.75, 3.05) is 13.7 Å². The third-order valence-electron chi connectivity index (χ3n) is 5.16. The van der Waals surface area contributed by atoms with Gasteiger partial charge in [0.15, 0.2) is 23.8 Å². The van der Waals surface area contributed by atoms with E-state index in [1.807, 2.05) is 0 Å². The zero-order valence-corrected chi connectivity index (χ0v) is 18.0. The van der Waals surface area contributed by atoms with Gasteiger partial charge in [-0.25, -0.2) is 4.79 Å². The van der Waals surface area contributed by atoms with E-state index in [4.69, 9.17) is 9.47 Å². The number of rotatable bonds is 8. The summed E-state index contributed by atoms with van der Waals surface area (Å²) < 4.78 is 50.6. The van der Waals surface area contributed by atoms with Gasteiger partial charge in [0, 0.05) is 12.7 Å². The van der Waals surface area contributed by atoms with Crippen molar-refractivity contribution in [1.82, 2.24) is 9.13 Å². The van der Waals surface area contributed by atoms with E-state index < -0.39 is 48.1 Å². The molecule has 0 aliphatic heterocycles. The van der Waals surface area contributed by atoms with Crippen LogP contribution in [0.3, 0.4) is 0 Å². The summed E-state index contributed by atoms with van der Waals surface area (Å²) in [6.07, 6.45) is -4.45. The van der Waals surface area contributed by atoms with E-state index in [0.717, 1.165) is 9.13 Å². The maximum Gasteiger partial charge on any atom is 0.422 e. The Morgan fingerprint density at radius 1 is 1.18 bits per heavy atom. The Labute approximate surface area is 185 Å². The molecule has 0 amide bonds. The Balaban J connectivity index is 2.22. The van der Waals surface area contributed by atoms with E-state index in [1.165, 1.54) is 26.3 Å². The summed E-state index contributed by atoms with van der Waals surface area (Å²) in [4.78, 5) is 38.1. The van der Waals surface area contributed by atoms with Gasteiger partial charge >= 0.3 is 12.1 Å². The fourth-order valence-electron chi connectivity index (χ4n) is 3.66. The molecule has 3 rings (SSSR count). The van der Waals surface area contributed by atoms with Crippen LogP contribution in [0.4, 0.5) is 13.2 Å². The van der Waals surface area contributed by atoms with Gasteiger partial charge in [-0.3, -0.25) is 9.59 Å². The second-order valence-electron chi connectivity index (χ2n) is 7.21. The highest BCUT2D eigenvalue weighted by Crippen LogP contribution is 2.32. The summed E-state index contributed by atoms with van der Waals surface area (Å²) in [5.74, 6) is -2.41. The molecule has 0 bridgehead atoms. The lowest BCUT2D eigenvalue weighted by molar-refractivity contribution is -0.153. The average Bonchev–Trinajstić information content (AvgIpc) is 3.05. The maximum absolute atomic E-state index is 13.4. The first-order valence-corrected chi connectivity index (χ1v) is 9.84. The Hall–Kier alpha value is -3.76. The average molecular weight is 466 g/mol. The molecule has 0 spiro atoms. The van der Waals surface area contributed by atoms with Crippen LogP contribution in [0.5, 0.6) is 11.5 Å². The van der Waals surface area contributed by atoms with Crippen LogP contribution in [0, 0.1) is 0 Å². The molecule has 0 unspecified atom stereocenters. The van der Waals surface area contributed by atoms with E-state index >= 15 is 0 Å². The zero-order chi connectivity index (χ0) is 24.5. The normalized spacial score (nSPS) is 11.6. The van der Waals surface area contributed by atoms with E-state index in [1.54, 1.807) is 25.1 Å². The first kappa shape index (κ1) is 23.9. The summed E-state index contributed by atoms with van der Waals surface area (Å²) in [5.41, 5.74) is -0.708. The Kier molecular flexibility index (Phi) is 6.52. The number of para-hydroxylation sites is 1. The van der Waals surface area contributed by atoms with Crippen molar-refractivity contribution < 1.29 is 37.3 Å². The summed E-state index contributed by atoms with van der Waals surface area (Å²) in [7, 11) is 2.71. The molecule has 8 nitrogen and oxygen atoms in total. The molecule has 0 saturated heterocycles. The number of pyridine rings is 1. The Morgan fingerprint density at radius 3 is 2.42 bits per heavy atom. The standard InChI is InChI=1S/C22H21F3N2O6/c1-4-12-9-14-17(19(33-11-22(23,24)25)18(21(30)31)26(14)2)20(29)27(12)10-15(28)13-7-5-6-8-16(13)32-3/h5-9H,4,10-11H2,1-3H3,(H,30,31). The number of fused-ring (bicyclic) bond motifs is 1. The van der Waals surface area contributed by atoms with Crippen LogP contribution in [0.25, 0.3) is 10.9 Å². The third kappa shape index (κ3) is 4.57. The van der Waals surface area contributed by atoms with Crippen molar-refractivity contribution in [2.24, 2.45) is 7.05 Å². The quantitative estimate of drug-likeness (QED) is 0.511. The number of ketones is 1. The van der Waals surface area contributed by atoms with Crippen LogP contribution < -0.4 is 15.0 Å². The summed E-state index contributed by atoms with van der Waals surface area (Å²) in [5, 5.41) is 9.21. The summed E-state index contributed by atoms with van der Waals surface area (Å²) in [6, 6.07) is 7.88. The molecule has 1 aromatic carbocycles. The number of ether oxygens (including phenoxy) is 2. The fourth-order valence-corrected chi connectivity index (χ4v) is 3.66. The topological polar surface area (TPSA) is 99.8 Å². The highest BCUT2D eigenvalue weighted by atomic mass is 19.4. The smallest absolute Gasteiger partial charge is 0.422 e. The molecule has 0 radical (unpaired) electrons. The van der Waals surface area contributed by atoms with Gasteiger partial charge in [-0.05, 0) is 24.6 Å². The molecule has 11 heteroatoms. The van der Waals surface area contributed by atoms with E-state index in [-0.39, 0.29) is 16.5 Å². The van der Waals surface area contributed by atoms with Crippen LogP contribution in [0.2, 0.25) is 0 Å². The number of hydrogen-bond donors (Lipinski definition) is 1. The molecule has 0 aliphatic rings. The van der Waals surface area contributed by atoms with Crippen LogP contribution in [-0.4, -0.2) is 45.9 Å². The van der Waals surface area contributed by atoms with Crippen molar-refractivity contribution in [3.05, 3.63) is 57.6 Å². The van der Waals surface area contributed by atoms with Gasteiger partial charge in [-0.2, -0.15) is 13.2 Å². The predicted octanol–water partition coefficient (Wildman–Crippen LogP) is 3.43. The second kappa shape index (κ2) is 9.00. The SMILES string of the molecule is CCc1cc2c(c(OCC(F)(F)F)c(C(=O)O)n2C)c(=O)n1CC(=O)c1ccccc1OC. The van der Waals surface area contributed by atoms with E-state index in [2.05, 4.69) is 0 Å². The van der Waals surface area contributed by atoms with Gasteiger partial charge in [-0.1, -0.05) is 19.1 Å². The maximum atomic E-state index is 13.4. The first-order chi connectivity index (χ1) is 15.5. The Bertz CT molecular complexity index is 1290. The van der Waals surface area contributed by atoms with Gasteiger partial charge in [0.2, 0.25) is 0 Å². The van der Waals surface area contributed by atoms with Crippen LogP contribution in [-0.2, 0) is 20.0 Å². The van der Waals surface area contributed by atoms with Crippen molar-refractivity contribution in [1.29, 1.82) is 0 Å². The van der Waals surface area contributed by atoms with Gasteiger partial charge in [0.1, 0.15) is 11.1 Å². The second-order valence-corrected chi connectivity index (χ2v) is 7.21. The minimum absolute atomic E-state index is 0.0902. The van der Waals surface area contributed by atoms with Crippen molar-refractivity contribution >= 4 is 22.7 Å². The summed E-state index contributed by atoms with van der Waals surface area (Å²) >= 11 is 0. The lowest BCUT2D eigenvalue weighted by Gasteiger charge is -2.14. The molecule has 0 fully saturated rings. The van der Waals surface area contributed by atoms with Gasteiger partial charge < -0.3 is 23.7 Å². The Morgan fingerprint density at radius 2 is 1.85 bits per heavy atom. The minimum Gasteiger partial charge on any atom is -0.496 e. The lowest BCUT2D eigenvalue weighted by Crippen LogP contribution is -2.28. The monoisotopic (exact) mass is 466 g/mol. The number of carbonyl (C=O) groups excluding carboxylic acids is 1. The number of aromatic carboxylic acids is 1. The number of halogens is 3. The summed E-state index contributed by atoms with van der Waals surface area (Å²) in [6.45, 7) is -0.470. The van der Waals surface area contributed by atoms with Crippen LogP contribution in [0.1, 0.15) is 33.5 Å². The fraction of sp³-hybridized carbons (Fsp3) is 0.318. The number of carbonyl (C=O) groups is 2. The molecule has 3 aromatic rings. The number of carboxylic acid groups (broad SMARTS) is 1. The number of Topliss-reactive ketones (excluding diaryl/α,β-unsaturated/α-hetero) is 1. The molecule has 0 saturated carbocycles. The predicted molar refractivity (Wildman–Crippen MR) is 112 cm³/mol. The van der Waals surface area contributed by atoms with Crippen molar-refractivity contribution in [3.8, 4) is 11.5 Å². The van der Waals surface area contributed by atoms with Crippen LogP contribution >= 0.6 is 0 Å². The van der Waals surface area contributed by atoms with Crippen molar-refractivity contribution in [3.63, 3.8) is 0 Å². The number of benzene rings is 1. The molecule has 0 aliphatic carbocycles. The highest BCUT2D eigenvalue weighted by Gasteiger charge is 2.33. The largest absolute Gasteiger partial charge is 0.496 e. The molecule has 2 heterocycles. The lowest BCUT2D eigenvalue weighted by atomic mass is 10.1. The molecular weight excluding hydrogens is 445 g/mol. The van der Waals surface area contributed by atoms with E-state index in [9.17, 15) is 32.7 Å².